The van der Waals surface area contributed by atoms with Crippen molar-refractivity contribution in [3.05, 3.63) is 120 Å². The van der Waals surface area contributed by atoms with Crippen LogP contribution in [0.4, 0.5) is 4.79 Å². The van der Waals surface area contributed by atoms with Gasteiger partial charge in [0.15, 0.2) is 0 Å². The molecule has 0 aliphatic carbocycles. The lowest BCUT2D eigenvalue weighted by molar-refractivity contribution is 0.0446. The van der Waals surface area contributed by atoms with Crippen LogP contribution in [0.25, 0.3) is 22.3 Å². The van der Waals surface area contributed by atoms with Gasteiger partial charge in [0.05, 0.1) is 0 Å². The molecular formula is C27H22O3. The molecule has 0 fully saturated rings. The van der Waals surface area contributed by atoms with Gasteiger partial charge in [-0.15, -0.1) is 0 Å². The summed E-state index contributed by atoms with van der Waals surface area (Å²) in [6.07, 6.45) is -0.672. The topological polar surface area (TPSA) is 35.5 Å². The molecule has 3 heteroatoms. The van der Waals surface area contributed by atoms with Crippen LogP contribution in [0.3, 0.4) is 0 Å². The van der Waals surface area contributed by atoms with Crippen molar-refractivity contribution in [3.8, 4) is 22.3 Å². The molecule has 148 valence electrons. The summed E-state index contributed by atoms with van der Waals surface area (Å²) in [6.45, 7) is 0.363. The Morgan fingerprint density at radius 2 is 0.800 bits per heavy atom. The maximum absolute atomic E-state index is 11.9. The molecule has 0 heterocycles. The number of hydrogen-bond donors (Lipinski definition) is 0. The van der Waals surface area contributed by atoms with E-state index in [4.69, 9.17) is 9.47 Å². The molecule has 0 aliphatic heterocycles. The fourth-order valence-corrected chi connectivity index (χ4v) is 3.17. The molecule has 0 saturated carbocycles. The van der Waals surface area contributed by atoms with Gasteiger partial charge in [0.25, 0.3) is 0 Å². The fourth-order valence-electron chi connectivity index (χ4n) is 3.17. The molecule has 4 rings (SSSR count). The van der Waals surface area contributed by atoms with Crippen molar-refractivity contribution in [1.82, 2.24) is 0 Å². The Balaban J connectivity index is 1.25. The van der Waals surface area contributed by atoms with E-state index >= 15 is 0 Å². The summed E-state index contributed by atoms with van der Waals surface area (Å²) in [5.74, 6) is 0. The lowest BCUT2D eigenvalue weighted by Gasteiger charge is -2.08. The van der Waals surface area contributed by atoms with Gasteiger partial charge in [-0.05, 0) is 33.4 Å². The van der Waals surface area contributed by atoms with Crippen LogP contribution in [0, 0.1) is 0 Å². The molecule has 0 amide bonds. The number of benzene rings is 4. The van der Waals surface area contributed by atoms with Crippen molar-refractivity contribution < 1.29 is 14.3 Å². The lowest BCUT2D eigenvalue weighted by atomic mass is 10.0. The minimum atomic E-state index is -0.672. The average Bonchev–Trinajstić information content (AvgIpc) is 2.83. The van der Waals surface area contributed by atoms with E-state index in [0.717, 1.165) is 33.4 Å². The minimum Gasteiger partial charge on any atom is -0.429 e. The molecule has 0 radical (unpaired) electrons. The van der Waals surface area contributed by atoms with Crippen molar-refractivity contribution >= 4 is 6.16 Å². The zero-order valence-corrected chi connectivity index (χ0v) is 16.5. The van der Waals surface area contributed by atoms with Gasteiger partial charge in [-0.3, -0.25) is 0 Å². The van der Waals surface area contributed by atoms with Crippen LogP contribution in [-0.2, 0) is 22.7 Å². The molecular weight excluding hydrogens is 372 g/mol. The number of rotatable bonds is 6. The number of carbonyl (C=O) groups excluding carboxylic acids is 1. The van der Waals surface area contributed by atoms with Crippen LogP contribution in [0.5, 0.6) is 0 Å². The Hall–Kier alpha value is -3.85. The first-order valence-corrected chi connectivity index (χ1v) is 9.86. The predicted molar refractivity (Wildman–Crippen MR) is 119 cm³/mol. The quantitative estimate of drug-likeness (QED) is 0.335. The lowest BCUT2D eigenvalue weighted by Crippen LogP contribution is -2.07. The normalized spacial score (nSPS) is 10.4. The van der Waals surface area contributed by atoms with E-state index in [1.54, 1.807) is 0 Å². The molecule has 0 atom stereocenters. The highest BCUT2D eigenvalue weighted by atomic mass is 16.7. The smallest absolute Gasteiger partial charge is 0.429 e. The maximum Gasteiger partial charge on any atom is 0.508 e. The second-order valence-corrected chi connectivity index (χ2v) is 6.95. The first-order chi connectivity index (χ1) is 14.8. The third-order valence-corrected chi connectivity index (χ3v) is 4.84. The van der Waals surface area contributed by atoms with E-state index in [0.29, 0.717) is 0 Å². The van der Waals surface area contributed by atoms with Gasteiger partial charge in [-0.2, -0.15) is 0 Å². The second-order valence-electron chi connectivity index (χ2n) is 6.95. The predicted octanol–water partition coefficient (Wildman–Crippen LogP) is 6.87. The van der Waals surface area contributed by atoms with E-state index < -0.39 is 6.16 Å². The fraction of sp³-hybridized carbons (Fsp3) is 0.0741. The highest BCUT2D eigenvalue weighted by Gasteiger charge is 2.06. The third kappa shape index (κ3) is 5.15. The van der Waals surface area contributed by atoms with Crippen molar-refractivity contribution in [3.63, 3.8) is 0 Å². The van der Waals surface area contributed by atoms with E-state index in [2.05, 4.69) is 24.3 Å². The Morgan fingerprint density at radius 3 is 1.17 bits per heavy atom. The SMILES string of the molecule is O=C(OCc1ccc(-c2ccccc2)cc1)OCc1ccc(-c2ccccc2)cc1. The zero-order valence-electron chi connectivity index (χ0n) is 16.5. The summed E-state index contributed by atoms with van der Waals surface area (Å²) in [4.78, 5) is 11.9. The van der Waals surface area contributed by atoms with Gasteiger partial charge in [0, 0.05) is 0 Å². The molecule has 4 aromatic carbocycles. The maximum atomic E-state index is 11.9. The van der Waals surface area contributed by atoms with Crippen LogP contribution >= 0.6 is 0 Å². The van der Waals surface area contributed by atoms with Crippen LogP contribution < -0.4 is 0 Å². The highest BCUT2D eigenvalue weighted by Crippen LogP contribution is 2.21. The van der Waals surface area contributed by atoms with Gasteiger partial charge < -0.3 is 9.47 Å². The average molecular weight is 394 g/mol. The Bertz CT molecular complexity index is 982. The molecule has 0 bridgehead atoms. The van der Waals surface area contributed by atoms with Crippen LogP contribution in [0.15, 0.2) is 109 Å². The first kappa shape index (κ1) is 19.5. The Kier molecular flexibility index (Phi) is 6.21. The highest BCUT2D eigenvalue weighted by molar-refractivity contribution is 5.64. The van der Waals surface area contributed by atoms with E-state index in [1.807, 2.05) is 84.9 Å². The Labute approximate surface area is 176 Å². The molecule has 30 heavy (non-hydrogen) atoms. The second kappa shape index (κ2) is 9.57. The molecule has 0 spiro atoms. The first-order valence-electron chi connectivity index (χ1n) is 9.86. The standard InChI is InChI=1S/C27H22O3/c28-27(29-19-21-11-15-25(16-12-21)23-7-3-1-4-8-23)30-20-22-13-17-26(18-14-22)24-9-5-2-6-10-24/h1-18H,19-20H2. The summed E-state index contributed by atoms with van der Waals surface area (Å²) < 4.78 is 10.5. The summed E-state index contributed by atoms with van der Waals surface area (Å²) in [5.41, 5.74) is 6.39. The summed E-state index contributed by atoms with van der Waals surface area (Å²) in [7, 11) is 0. The van der Waals surface area contributed by atoms with E-state index in [-0.39, 0.29) is 13.2 Å². The Morgan fingerprint density at radius 1 is 0.467 bits per heavy atom. The largest absolute Gasteiger partial charge is 0.508 e. The van der Waals surface area contributed by atoms with E-state index in [1.165, 1.54) is 0 Å². The number of ether oxygens (including phenoxy) is 2. The van der Waals surface area contributed by atoms with Gasteiger partial charge >= 0.3 is 6.16 Å². The number of carbonyl (C=O) groups is 1. The van der Waals surface area contributed by atoms with Crippen LogP contribution in [-0.4, -0.2) is 6.16 Å². The monoisotopic (exact) mass is 394 g/mol. The minimum absolute atomic E-state index is 0.181. The molecule has 3 nitrogen and oxygen atoms in total. The molecule has 0 aliphatic rings. The van der Waals surface area contributed by atoms with Gasteiger partial charge in [-0.1, -0.05) is 109 Å². The van der Waals surface area contributed by atoms with Gasteiger partial charge in [0.1, 0.15) is 13.2 Å². The molecule has 0 unspecified atom stereocenters. The van der Waals surface area contributed by atoms with Crippen LogP contribution in [0.1, 0.15) is 11.1 Å². The molecule has 0 N–H and O–H groups in total. The summed E-state index contributed by atoms with van der Waals surface area (Å²) in [5, 5.41) is 0. The van der Waals surface area contributed by atoms with Crippen molar-refractivity contribution in [2.24, 2.45) is 0 Å². The van der Waals surface area contributed by atoms with Crippen molar-refractivity contribution in [2.45, 2.75) is 13.2 Å². The summed E-state index contributed by atoms with van der Waals surface area (Å²) >= 11 is 0. The third-order valence-electron chi connectivity index (χ3n) is 4.84. The van der Waals surface area contributed by atoms with Crippen molar-refractivity contribution in [2.75, 3.05) is 0 Å². The van der Waals surface area contributed by atoms with Crippen molar-refractivity contribution in [1.29, 1.82) is 0 Å². The van der Waals surface area contributed by atoms with E-state index in [9.17, 15) is 4.79 Å². The molecule has 4 aromatic rings. The molecule has 0 saturated heterocycles. The molecule has 0 aromatic heterocycles. The van der Waals surface area contributed by atoms with Crippen LogP contribution in [0.2, 0.25) is 0 Å². The number of hydrogen-bond acceptors (Lipinski definition) is 3. The summed E-state index contributed by atoms with van der Waals surface area (Å²) in [6, 6.07) is 36.2. The van der Waals surface area contributed by atoms with Gasteiger partial charge in [0.2, 0.25) is 0 Å². The zero-order chi connectivity index (χ0) is 20.6. The van der Waals surface area contributed by atoms with Gasteiger partial charge in [-0.25, -0.2) is 4.79 Å².